The molecule has 0 aliphatic carbocycles. The van der Waals surface area contributed by atoms with E-state index in [1.165, 1.54) is 21.2 Å². The molecule has 0 saturated heterocycles. The van der Waals surface area contributed by atoms with Crippen molar-refractivity contribution in [2.45, 2.75) is 32.9 Å². The molecule has 1 N–H and O–H groups in total. The fourth-order valence-electron chi connectivity index (χ4n) is 2.04. The Balaban J connectivity index is 2.08. The fourth-order valence-corrected chi connectivity index (χ4v) is 2.73. The van der Waals surface area contributed by atoms with Crippen molar-refractivity contribution in [1.29, 1.82) is 0 Å². The lowest BCUT2D eigenvalue weighted by Crippen LogP contribution is -2.35. The van der Waals surface area contributed by atoms with Gasteiger partial charge in [-0.2, -0.15) is 0 Å². The zero-order valence-corrected chi connectivity index (χ0v) is 15.2. The van der Waals surface area contributed by atoms with Crippen LogP contribution < -0.4 is 5.32 Å². The van der Waals surface area contributed by atoms with Gasteiger partial charge in [0, 0.05) is 21.0 Å². The molecular formula is C17H19Br2N. The molecule has 2 aromatic rings. The monoisotopic (exact) mass is 395 g/mol. The lowest BCUT2D eigenvalue weighted by atomic mass is 9.94. The molecule has 106 valence electrons. The van der Waals surface area contributed by atoms with E-state index in [4.69, 9.17) is 0 Å². The van der Waals surface area contributed by atoms with Crippen LogP contribution in [-0.2, 0) is 12.1 Å². The van der Waals surface area contributed by atoms with Gasteiger partial charge in [0.15, 0.2) is 0 Å². The normalized spacial score (nSPS) is 11.7. The van der Waals surface area contributed by atoms with Crippen molar-refractivity contribution < 1.29 is 0 Å². The Morgan fingerprint density at radius 3 is 2.25 bits per heavy atom. The molecule has 0 aliphatic heterocycles. The molecule has 0 spiro atoms. The molecule has 0 aliphatic rings. The van der Waals surface area contributed by atoms with Gasteiger partial charge in [-0.05, 0) is 55.7 Å². The number of hydrogen-bond acceptors (Lipinski definition) is 1. The minimum absolute atomic E-state index is 0.0575. The highest BCUT2D eigenvalue weighted by atomic mass is 79.9. The Morgan fingerprint density at radius 1 is 1.00 bits per heavy atom. The second kappa shape index (κ2) is 6.42. The maximum absolute atomic E-state index is 3.62. The summed E-state index contributed by atoms with van der Waals surface area (Å²) in [4.78, 5) is 0. The minimum Gasteiger partial charge on any atom is -0.304 e. The molecular weight excluding hydrogens is 378 g/mol. The lowest BCUT2D eigenvalue weighted by molar-refractivity contribution is 0.401. The summed E-state index contributed by atoms with van der Waals surface area (Å²) in [7, 11) is 0. The summed E-state index contributed by atoms with van der Waals surface area (Å²) in [6.45, 7) is 7.37. The van der Waals surface area contributed by atoms with Gasteiger partial charge in [0.1, 0.15) is 0 Å². The van der Waals surface area contributed by atoms with Gasteiger partial charge in [-0.25, -0.2) is 0 Å². The third-order valence-corrected chi connectivity index (χ3v) is 4.92. The average Bonchev–Trinajstić information content (AvgIpc) is 2.41. The smallest absolute Gasteiger partial charge is 0.0380 e. The molecule has 20 heavy (non-hydrogen) atoms. The third kappa shape index (κ3) is 3.94. The van der Waals surface area contributed by atoms with E-state index in [0.29, 0.717) is 0 Å². The predicted molar refractivity (Wildman–Crippen MR) is 92.9 cm³/mol. The van der Waals surface area contributed by atoms with E-state index < -0.39 is 0 Å². The van der Waals surface area contributed by atoms with E-state index in [0.717, 1.165) is 11.0 Å². The molecule has 0 unspecified atom stereocenters. The number of rotatable bonds is 4. The van der Waals surface area contributed by atoms with Crippen LogP contribution in [0.5, 0.6) is 0 Å². The van der Waals surface area contributed by atoms with Crippen LogP contribution in [0.3, 0.4) is 0 Å². The lowest BCUT2D eigenvalue weighted by Gasteiger charge is -2.27. The van der Waals surface area contributed by atoms with Gasteiger partial charge in [0.25, 0.3) is 0 Å². The molecule has 3 heteroatoms. The Kier molecular flexibility index (Phi) is 5.05. The first-order valence-corrected chi connectivity index (χ1v) is 8.23. The summed E-state index contributed by atoms with van der Waals surface area (Å²) in [5.41, 5.74) is 3.78. The van der Waals surface area contributed by atoms with Crippen LogP contribution in [0.15, 0.2) is 51.4 Å². The van der Waals surface area contributed by atoms with Gasteiger partial charge in [-0.3, -0.25) is 0 Å². The van der Waals surface area contributed by atoms with Crippen molar-refractivity contribution in [3.63, 3.8) is 0 Å². The Bertz CT molecular complexity index is 588. The van der Waals surface area contributed by atoms with Crippen molar-refractivity contribution in [2.75, 3.05) is 0 Å². The number of halogens is 2. The maximum Gasteiger partial charge on any atom is 0.0380 e. The number of aryl methyl sites for hydroxylation is 1. The molecule has 0 amide bonds. The number of hydrogen-bond donors (Lipinski definition) is 1. The molecule has 0 atom stereocenters. The van der Waals surface area contributed by atoms with E-state index in [1.54, 1.807) is 0 Å². The largest absolute Gasteiger partial charge is 0.304 e. The summed E-state index contributed by atoms with van der Waals surface area (Å²) in [6.07, 6.45) is 0. The topological polar surface area (TPSA) is 12.0 Å². The summed E-state index contributed by atoms with van der Waals surface area (Å²) in [5, 5.41) is 3.62. The van der Waals surface area contributed by atoms with E-state index in [-0.39, 0.29) is 5.54 Å². The average molecular weight is 397 g/mol. The van der Waals surface area contributed by atoms with Crippen LogP contribution in [0.2, 0.25) is 0 Å². The van der Waals surface area contributed by atoms with Crippen molar-refractivity contribution in [1.82, 2.24) is 5.32 Å². The number of benzene rings is 2. The van der Waals surface area contributed by atoms with Crippen LogP contribution in [0.25, 0.3) is 0 Å². The van der Waals surface area contributed by atoms with E-state index in [1.807, 2.05) is 0 Å². The summed E-state index contributed by atoms with van der Waals surface area (Å²) in [6, 6.07) is 15.0. The second-order valence-corrected chi connectivity index (χ2v) is 7.34. The highest BCUT2D eigenvalue weighted by molar-refractivity contribution is 9.10. The first-order valence-electron chi connectivity index (χ1n) is 6.64. The first-order chi connectivity index (χ1) is 9.38. The zero-order chi connectivity index (χ0) is 14.8. The standard InChI is InChI=1S/C17H19Br2N/c1-12-4-5-13(10-16(12)19)11-20-17(2,3)14-6-8-15(18)9-7-14/h4-10,20H,11H2,1-3H3. The predicted octanol–water partition coefficient (Wildman–Crippen LogP) is 5.54. The highest BCUT2D eigenvalue weighted by Gasteiger charge is 2.19. The summed E-state index contributed by atoms with van der Waals surface area (Å²) in [5.74, 6) is 0. The van der Waals surface area contributed by atoms with Crippen molar-refractivity contribution in [3.05, 3.63) is 68.1 Å². The fraction of sp³-hybridized carbons (Fsp3) is 0.294. The van der Waals surface area contributed by atoms with Crippen molar-refractivity contribution in [3.8, 4) is 0 Å². The molecule has 2 aromatic carbocycles. The van der Waals surface area contributed by atoms with Crippen LogP contribution in [0, 0.1) is 6.92 Å². The van der Waals surface area contributed by atoms with Crippen LogP contribution >= 0.6 is 31.9 Å². The first kappa shape index (κ1) is 15.7. The minimum atomic E-state index is -0.0575. The van der Waals surface area contributed by atoms with Crippen LogP contribution in [-0.4, -0.2) is 0 Å². The maximum atomic E-state index is 3.62. The Labute approximate surface area is 138 Å². The molecule has 0 heterocycles. The SMILES string of the molecule is Cc1ccc(CNC(C)(C)c2ccc(Br)cc2)cc1Br. The van der Waals surface area contributed by atoms with Gasteiger partial charge < -0.3 is 5.32 Å². The molecule has 0 fully saturated rings. The summed E-state index contributed by atoms with van der Waals surface area (Å²) < 4.78 is 2.28. The van der Waals surface area contributed by atoms with Crippen LogP contribution in [0.4, 0.5) is 0 Å². The van der Waals surface area contributed by atoms with Crippen molar-refractivity contribution in [2.24, 2.45) is 0 Å². The van der Waals surface area contributed by atoms with Gasteiger partial charge in [-0.15, -0.1) is 0 Å². The van der Waals surface area contributed by atoms with Crippen LogP contribution in [0.1, 0.15) is 30.5 Å². The molecule has 2 rings (SSSR count). The van der Waals surface area contributed by atoms with E-state index >= 15 is 0 Å². The molecule has 0 radical (unpaired) electrons. The third-order valence-electron chi connectivity index (χ3n) is 3.54. The van der Waals surface area contributed by atoms with Gasteiger partial charge in [0.2, 0.25) is 0 Å². The Hall–Kier alpha value is -0.640. The van der Waals surface area contributed by atoms with E-state index in [9.17, 15) is 0 Å². The molecule has 0 saturated carbocycles. The summed E-state index contributed by atoms with van der Waals surface area (Å²) >= 11 is 7.06. The Morgan fingerprint density at radius 2 is 1.65 bits per heavy atom. The van der Waals surface area contributed by atoms with E-state index in [2.05, 4.69) is 100 Å². The second-order valence-electron chi connectivity index (χ2n) is 5.57. The highest BCUT2D eigenvalue weighted by Crippen LogP contribution is 2.23. The van der Waals surface area contributed by atoms with Gasteiger partial charge in [-0.1, -0.05) is 56.1 Å². The molecule has 0 aromatic heterocycles. The van der Waals surface area contributed by atoms with Crippen molar-refractivity contribution >= 4 is 31.9 Å². The zero-order valence-electron chi connectivity index (χ0n) is 12.0. The molecule has 1 nitrogen and oxygen atoms in total. The molecule has 0 bridgehead atoms. The van der Waals surface area contributed by atoms with Gasteiger partial charge >= 0.3 is 0 Å². The van der Waals surface area contributed by atoms with Gasteiger partial charge in [0.05, 0.1) is 0 Å². The number of nitrogens with one attached hydrogen (secondary N) is 1. The quantitative estimate of drug-likeness (QED) is 0.714.